The van der Waals surface area contributed by atoms with Gasteiger partial charge < -0.3 is 26.4 Å². The molecule has 0 saturated carbocycles. The molecule has 7 nitrogen and oxygen atoms in total. The highest BCUT2D eigenvalue weighted by Gasteiger charge is 2.08. The third-order valence-electron chi connectivity index (χ3n) is 5.20. The summed E-state index contributed by atoms with van der Waals surface area (Å²) in [4.78, 5) is 24.5. The molecule has 0 unspecified atom stereocenters. The number of aryl methyl sites for hydroxylation is 2. The SMILES string of the molecule is Cc1ccc(CCNC(=O)Nc2cc(NC(=O)NCCc3ccc(O)cc3)ccc2C)cc1. The minimum absolute atomic E-state index is 0.216. The first kappa shape index (κ1) is 23.7. The highest BCUT2D eigenvalue weighted by atomic mass is 16.3. The Hall–Kier alpha value is -4.00. The summed E-state index contributed by atoms with van der Waals surface area (Å²) in [5, 5.41) is 20.6. The minimum atomic E-state index is -0.328. The summed E-state index contributed by atoms with van der Waals surface area (Å²) in [5.74, 6) is 0.216. The van der Waals surface area contributed by atoms with Gasteiger partial charge in [0.1, 0.15) is 5.75 Å². The maximum absolute atomic E-state index is 12.3. The first-order chi connectivity index (χ1) is 15.9. The zero-order valence-electron chi connectivity index (χ0n) is 18.9. The van der Waals surface area contributed by atoms with Crippen LogP contribution < -0.4 is 21.3 Å². The third-order valence-corrected chi connectivity index (χ3v) is 5.20. The number of carbonyl (C=O) groups excluding carboxylic acids is 2. The van der Waals surface area contributed by atoms with Crippen LogP contribution in [0.25, 0.3) is 0 Å². The van der Waals surface area contributed by atoms with E-state index in [-0.39, 0.29) is 17.8 Å². The predicted molar refractivity (Wildman–Crippen MR) is 132 cm³/mol. The molecule has 0 bridgehead atoms. The van der Waals surface area contributed by atoms with E-state index >= 15 is 0 Å². The van der Waals surface area contributed by atoms with E-state index in [1.54, 1.807) is 24.3 Å². The molecule has 5 N–H and O–H groups in total. The molecule has 3 aromatic carbocycles. The smallest absolute Gasteiger partial charge is 0.319 e. The summed E-state index contributed by atoms with van der Waals surface area (Å²) in [7, 11) is 0. The molecule has 7 heteroatoms. The van der Waals surface area contributed by atoms with Crippen molar-refractivity contribution in [2.75, 3.05) is 23.7 Å². The molecule has 0 fully saturated rings. The number of hydrogen-bond acceptors (Lipinski definition) is 3. The molecule has 4 amide bonds. The van der Waals surface area contributed by atoms with Gasteiger partial charge in [0.25, 0.3) is 0 Å². The number of rotatable bonds is 8. The van der Waals surface area contributed by atoms with Crippen molar-refractivity contribution in [3.63, 3.8) is 0 Å². The summed E-state index contributed by atoms with van der Waals surface area (Å²) in [6.07, 6.45) is 1.40. The molecule has 0 aliphatic rings. The summed E-state index contributed by atoms with van der Waals surface area (Å²) in [6, 6.07) is 19.8. The van der Waals surface area contributed by atoms with E-state index in [1.165, 1.54) is 11.1 Å². The van der Waals surface area contributed by atoms with Gasteiger partial charge in [-0.3, -0.25) is 0 Å². The second kappa shape index (κ2) is 11.6. The van der Waals surface area contributed by atoms with Crippen molar-refractivity contribution in [1.82, 2.24) is 10.6 Å². The van der Waals surface area contributed by atoms with Crippen LogP contribution in [0.4, 0.5) is 21.0 Å². The van der Waals surface area contributed by atoms with Gasteiger partial charge in [-0.1, -0.05) is 48.0 Å². The van der Waals surface area contributed by atoms with Gasteiger partial charge in [0.05, 0.1) is 0 Å². The number of hydrogen-bond donors (Lipinski definition) is 5. The molecule has 0 atom stereocenters. The topological polar surface area (TPSA) is 102 Å². The average molecular weight is 447 g/mol. The van der Waals surface area contributed by atoms with Crippen molar-refractivity contribution >= 4 is 23.4 Å². The molecule has 0 spiro atoms. The molecule has 0 aliphatic heterocycles. The van der Waals surface area contributed by atoms with E-state index in [4.69, 9.17) is 0 Å². The molecule has 3 aromatic rings. The second-order valence-corrected chi connectivity index (χ2v) is 7.94. The molecule has 0 radical (unpaired) electrons. The highest BCUT2D eigenvalue weighted by molar-refractivity contribution is 5.93. The van der Waals surface area contributed by atoms with Crippen LogP contribution in [0.1, 0.15) is 22.3 Å². The lowest BCUT2D eigenvalue weighted by Gasteiger charge is -2.13. The Bertz CT molecular complexity index is 1080. The van der Waals surface area contributed by atoms with E-state index < -0.39 is 0 Å². The molecule has 0 saturated heterocycles. The Balaban J connectivity index is 1.44. The van der Waals surface area contributed by atoms with Crippen LogP contribution in [0.15, 0.2) is 66.7 Å². The maximum atomic E-state index is 12.3. The zero-order chi connectivity index (χ0) is 23.6. The van der Waals surface area contributed by atoms with Crippen molar-refractivity contribution in [3.05, 3.63) is 89.0 Å². The van der Waals surface area contributed by atoms with Crippen molar-refractivity contribution in [1.29, 1.82) is 0 Å². The van der Waals surface area contributed by atoms with Gasteiger partial charge in [0, 0.05) is 24.5 Å². The van der Waals surface area contributed by atoms with Gasteiger partial charge in [-0.05, 0) is 67.6 Å². The summed E-state index contributed by atoms with van der Waals surface area (Å²) in [5.41, 5.74) is 5.49. The quantitative estimate of drug-likeness (QED) is 0.345. The van der Waals surface area contributed by atoms with E-state index in [2.05, 4.69) is 45.5 Å². The molecule has 3 rings (SSSR count). The number of aromatic hydroxyl groups is 1. The van der Waals surface area contributed by atoms with Crippen molar-refractivity contribution in [2.45, 2.75) is 26.7 Å². The van der Waals surface area contributed by atoms with Crippen LogP contribution in [0.5, 0.6) is 5.75 Å². The standard InChI is InChI=1S/C26H30N4O3/c1-18-3-6-20(7-4-18)13-16-28-26(33)30-24-17-22(10-5-19(24)2)29-25(32)27-15-14-21-8-11-23(31)12-9-21/h3-12,17,31H,13-16H2,1-2H3,(H2,27,29,32)(H2,28,30,33). The third kappa shape index (κ3) is 7.88. The van der Waals surface area contributed by atoms with Crippen LogP contribution in [-0.4, -0.2) is 30.3 Å². The summed E-state index contributed by atoms with van der Waals surface area (Å²) in [6.45, 7) is 4.91. The Morgan fingerprint density at radius 1 is 0.727 bits per heavy atom. The number of anilines is 2. The Kier molecular flexibility index (Phi) is 8.30. The molecule has 172 valence electrons. The molecular weight excluding hydrogens is 416 g/mol. The molecule has 0 heterocycles. The first-order valence-electron chi connectivity index (χ1n) is 10.9. The van der Waals surface area contributed by atoms with Crippen molar-refractivity contribution in [2.24, 2.45) is 0 Å². The Morgan fingerprint density at radius 2 is 1.27 bits per heavy atom. The van der Waals surface area contributed by atoms with E-state index in [9.17, 15) is 14.7 Å². The molecule has 0 aliphatic carbocycles. The van der Waals surface area contributed by atoms with Crippen molar-refractivity contribution < 1.29 is 14.7 Å². The van der Waals surface area contributed by atoms with Gasteiger partial charge in [-0.25, -0.2) is 9.59 Å². The minimum Gasteiger partial charge on any atom is -0.508 e. The zero-order valence-corrected chi connectivity index (χ0v) is 18.9. The maximum Gasteiger partial charge on any atom is 0.319 e. The van der Waals surface area contributed by atoms with Crippen molar-refractivity contribution in [3.8, 4) is 5.75 Å². The highest BCUT2D eigenvalue weighted by Crippen LogP contribution is 2.20. The normalized spacial score (nSPS) is 10.4. The van der Waals surface area contributed by atoms with Crippen LogP contribution in [0.2, 0.25) is 0 Å². The fourth-order valence-corrected chi connectivity index (χ4v) is 3.23. The number of urea groups is 2. The van der Waals surface area contributed by atoms with E-state index in [0.717, 1.165) is 17.5 Å². The largest absolute Gasteiger partial charge is 0.508 e. The number of phenols is 1. The first-order valence-corrected chi connectivity index (χ1v) is 10.9. The lowest BCUT2D eigenvalue weighted by molar-refractivity contribution is 0.251. The van der Waals surface area contributed by atoms with Gasteiger partial charge in [-0.15, -0.1) is 0 Å². The summed E-state index contributed by atoms with van der Waals surface area (Å²) < 4.78 is 0. The lowest BCUT2D eigenvalue weighted by atomic mass is 10.1. The Morgan fingerprint density at radius 3 is 1.88 bits per heavy atom. The number of phenolic OH excluding ortho intramolecular Hbond substituents is 1. The number of nitrogens with one attached hydrogen (secondary N) is 4. The number of carbonyl (C=O) groups is 2. The van der Waals surface area contributed by atoms with Crippen LogP contribution in [0, 0.1) is 13.8 Å². The van der Waals surface area contributed by atoms with Gasteiger partial charge >= 0.3 is 12.1 Å². The Labute approximate surface area is 194 Å². The molecule has 33 heavy (non-hydrogen) atoms. The molecule has 0 aromatic heterocycles. The predicted octanol–water partition coefficient (Wildman–Crippen LogP) is 4.74. The van der Waals surface area contributed by atoms with Crippen LogP contribution in [0.3, 0.4) is 0 Å². The second-order valence-electron chi connectivity index (χ2n) is 7.94. The van der Waals surface area contributed by atoms with E-state index in [1.807, 2.05) is 32.0 Å². The van der Waals surface area contributed by atoms with Gasteiger partial charge in [0.15, 0.2) is 0 Å². The number of benzene rings is 3. The monoisotopic (exact) mass is 446 g/mol. The van der Waals surface area contributed by atoms with Crippen LogP contribution in [-0.2, 0) is 12.8 Å². The van der Waals surface area contributed by atoms with Crippen LogP contribution >= 0.6 is 0 Å². The van der Waals surface area contributed by atoms with Gasteiger partial charge in [0.2, 0.25) is 0 Å². The van der Waals surface area contributed by atoms with E-state index in [0.29, 0.717) is 30.9 Å². The average Bonchev–Trinajstić information content (AvgIpc) is 2.79. The fourth-order valence-electron chi connectivity index (χ4n) is 3.23. The van der Waals surface area contributed by atoms with Gasteiger partial charge in [-0.2, -0.15) is 0 Å². The fraction of sp³-hybridized carbons (Fsp3) is 0.231. The lowest BCUT2D eigenvalue weighted by Crippen LogP contribution is -2.31. The number of amides is 4. The summed E-state index contributed by atoms with van der Waals surface area (Å²) >= 11 is 0. The molecular formula is C26H30N4O3.